The Morgan fingerprint density at radius 2 is 1.86 bits per heavy atom. The van der Waals surface area contributed by atoms with Gasteiger partial charge in [-0.05, 0) is 24.3 Å². The van der Waals surface area contributed by atoms with Gasteiger partial charge in [0.05, 0.1) is 6.54 Å². The summed E-state index contributed by atoms with van der Waals surface area (Å²) >= 11 is 0. The molecule has 0 saturated carbocycles. The lowest BCUT2D eigenvalue weighted by Gasteiger charge is -2.08. The molecule has 0 saturated heterocycles. The molecule has 0 radical (unpaired) electrons. The number of rotatable bonds is 5. The van der Waals surface area contributed by atoms with Crippen molar-refractivity contribution in [2.75, 3.05) is 5.32 Å². The molecule has 2 aromatic carbocycles. The fourth-order valence-electron chi connectivity index (χ4n) is 1.96. The van der Waals surface area contributed by atoms with E-state index in [0.717, 1.165) is 22.9 Å². The maximum Gasteiger partial charge on any atom is 0.129 e. The lowest BCUT2D eigenvalue weighted by Crippen LogP contribution is -1.99. The van der Waals surface area contributed by atoms with Gasteiger partial charge in [0.2, 0.25) is 0 Å². The molecule has 1 heterocycles. The maximum atomic E-state index is 5.80. The van der Waals surface area contributed by atoms with Crippen molar-refractivity contribution in [2.24, 2.45) is 7.05 Å². The molecule has 1 aromatic heterocycles. The number of nitrogens with zero attached hydrogens (tertiary/aromatic N) is 3. The van der Waals surface area contributed by atoms with Crippen molar-refractivity contribution in [3.8, 4) is 11.5 Å². The Labute approximate surface area is 123 Å². The van der Waals surface area contributed by atoms with Gasteiger partial charge in [0.25, 0.3) is 0 Å². The summed E-state index contributed by atoms with van der Waals surface area (Å²) in [5, 5.41) is 11.2. The summed E-state index contributed by atoms with van der Waals surface area (Å²) in [4.78, 5) is 0. The van der Waals surface area contributed by atoms with E-state index in [2.05, 4.69) is 15.6 Å². The first-order chi connectivity index (χ1) is 10.3. The maximum absolute atomic E-state index is 5.80. The standard InChI is InChI=1S/C16H16N4O/c1-20-12-14(18-19-20)11-17-13-6-5-9-16(10-13)21-15-7-3-2-4-8-15/h2-10,12,17H,11H2,1H3. The number of hydrogen-bond acceptors (Lipinski definition) is 4. The molecule has 21 heavy (non-hydrogen) atoms. The van der Waals surface area contributed by atoms with E-state index in [1.807, 2.05) is 67.8 Å². The molecule has 0 fully saturated rings. The molecule has 5 heteroatoms. The zero-order valence-corrected chi connectivity index (χ0v) is 11.7. The number of ether oxygens (including phenoxy) is 1. The van der Waals surface area contributed by atoms with Crippen LogP contribution in [0.4, 0.5) is 5.69 Å². The van der Waals surface area contributed by atoms with E-state index < -0.39 is 0 Å². The van der Waals surface area contributed by atoms with Crippen LogP contribution in [0.3, 0.4) is 0 Å². The molecule has 0 aliphatic carbocycles. The Kier molecular flexibility index (Phi) is 3.82. The summed E-state index contributed by atoms with van der Waals surface area (Å²) in [6.07, 6.45) is 1.89. The molecule has 0 bridgehead atoms. The molecule has 1 N–H and O–H groups in total. The molecule has 0 aliphatic heterocycles. The molecule has 0 unspecified atom stereocenters. The van der Waals surface area contributed by atoms with Crippen molar-refractivity contribution in [3.05, 3.63) is 66.5 Å². The molecule has 0 spiro atoms. The predicted octanol–water partition coefficient (Wildman–Crippen LogP) is 3.22. The van der Waals surface area contributed by atoms with E-state index >= 15 is 0 Å². The predicted molar refractivity (Wildman–Crippen MR) is 81.3 cm³/mol. The van der Waals surface area contributed by atoms with Gasteiger partial charge in [0.15, 0.2) is 0 Å². The fourth-order valence-corrected chi connectivity index (χ4v) is 1.96. The highest BCUT2D eigenvalue weighted by atomic mass is 16.5. The number of nitrogens with one attached hydrogen (secondary N) is 1. The van der Waals surface area contributed by atoms with Crippen molar-refractivity contribution in [1.82, 2.24) is 15.0 Å². The quantitative estimate of drug-likeness (QED) is 0.779. The van der Waals surface area contributed by atoms with Crippen molar-refractivity contribution in [2.45, 2.75) is 6.54 Å². The number of hydrogen-bond donors (Lipinski definition) is 1. The van der Waals surface area contributed by atoms with E-state index in [9.17, 15) is 0 Å². The monoisotopic (exact) mass is 280 g/mol. The zero-order chi connectivity index (χ0) is 14.5. The van der Waals surface area contributed by atoms with E-state index in [1.54, 1.807) is 4.68 Å². The molecule has 5 nitrogen and oxygen atoms in total. The second kappa shape index (κ2) is 6.09. The molecule has 0 atom stereocenters. The first-order valence-electron chi connectivity index (χ1n) is 6.72. The molecule has 106 valence electrons. The number of benzene rings is 2. The van der Waals surface area contributed by atoms with Crippen molar-refractivity contribution in [3.63, 3.8) is 0 Å². The number of anilines is 1. The van der Waals surface area contributed by atoms with Gasteiger partial charge < -0.3 is 10.1 Å². The number of aromatic nitrogens is 3. The summed E-state index contributed by atoms with van der Waals surface area (Å²) in [5.41, 5.74) is 1.88. The van der Waals surface area contributed by atoms with Crippen LogP contribution in [0.25, 0.3) is 0 Å². The van der Waals surface area contributed by atoms with Gasteiger partial charge in [-0.1, -0.05) is 29.5 Å². The first-order valence-corrected chi connectivity index (χ1v) is 6.72. The van der Waals surface area contributed by atoms with Gasteiger partial charge in [-0.3, -0.25) is 4.68 Å². The minimum absolute atomic E-state index is 0.628. The van der Waals surface area contributed by atoms with Crippen LogP contribution in [0.5, 0.6) is 11.5 Å². The van der Waals surface area contributed by atoms with Gasteiger partial charge in [0.1, 0.15) is 17.2 Å². The topological polar surface area (TPSA) is 52.0 Å². The zero-order valence-electron chi connectivity index (χ0n) is 11.7. The molecule has 0 amide bonds. The highest BCUT2D eigenvalue weighted by Gasteiger charge is 2.01. The first kappa shape index (κ1) is 13.2. The minimum atomic E-state index is 0.628. The second-order valence-corrected chi connectivity index (χ2v) is 4.68. The minimum Gasteiger partial charge on any atom is -0.457 e. The second-order valence-electron chi connectivity index (χ2n) is 4.68. The summed E-state index contributed by atoms with van der Waals surface area (Å²) in [5.74, 6) is 1.62. The van der Waals surface area contributed by atoms with Crippen LogP contribution in [0, 0.1) is 0 Å². The van der Waals surface area contributed by atoms with E-state index in [1.165, 1.54) is 0 Å². The van der Waals surface area contributed by atoms with Crippen LogP contribution in [-0.2, 0) is 13.6 Å². The van der Waals surface area contributed by atoms with E-state index in [-0.39, 0.29) is 0 Å². The Balaban J connectivity index is 1.65. The van der Waals surface area contributed by atoms with Gasteiger partial charge >= 0.3 is 0 Å². The Hall–Kier alpha value is -2.82. The lowest BCUT2D eigenvalue weighted by molar-refractivity contribution is 0.483. The molecular weight excluding hydrogens is 264 g/mol. The van der Waals surface area contributed by atoms with Crippen LogP contribution in [0.1, 0.15) is 5.69 Å². The third kappa shape index (κ3) is 3.60. The molecule has 0 aliphatic rings. The number of para-hydroxylation sites is 1. The highest BCUT2D eigenvalue weighted by Crippen LogP contribution is 2.23. The third-order valence-corrected chi connectivity index (χ3v) is 2.94. The smallest absolute Gasteiger partial charge is 0.129 e. The Bertz CT molecular complexity index is 709. The van der Waals surface area contributed by atoms with Gasteiger partial charge in [-0.25, -0.2) is 0 Å². The fraction of sp³-hybridized carbons (Fsp3) is 0.125. The van der Waals surface area contributed by atoms with Gasteiger partial charge in [-0.15, -0.1) is 5.10 Å². The summed E-state index contributed by atoms with van der Waals surface area (Å²) in [6.45, 7) is 0.628. The Morgan fingerprint density at radius 3 is 2.62 bits per heavy atom. The van der Waals surface area contributed by atoms with Crippen molar-refractivity contribution >= 4 is 5.69 Å². The van der Waals surface area contributed by atoms with Crippen LogP contribution in [0.15, 0.2) is 60.8 Å². The van der Waals surface area contributed by atoms with Crippen molar-refractivity contribution < 1.29 is 4.74 Å². The molecule has 3 aromatic rings. The van der Waals surface area contributed by atoms with Gasteiger partial charge in [-0.2, -0.15) is 0 Å². The molecular formula is C16H16N4O. The normalized spacial score (nSPS) is 10.3. The van der Waals surface area contributed by atoms with E-state index in [0.29, 0.717) is 6.54 Å². The number of aryl methyl sites for hydroxylation is 1. The van der Waals surface area contributed by atoms with Crippen LogP contribution < -0.4 is 10.1 Å². The lowest BCUT2D eigenvalue weighted by atomic mass is 10.3. The average Bonchev–Trinajstić information content (AvgIpc) is 2.92. The summed E-state index contributed by atoms with van der Waals surface area (Å²) < 4.78 is 7.49. The molecule has 3 rings (SSSR count). The van der Waals surface area contributed by atoms with Crippen molar-refractivity contribution in [1.29, 1.82) is 0 Å². The van der Waals surface area contributed by atoms with Crippen LogP contribution in [-0.4, -0.2) is 15.0 Å². The largest absolute Gasteiger partial charge is 0.457 e. The van der Waals surface area contributed by atoms with Crippen LogP contribution >= 0.6 is 0 Å². The average molecular weight is 280 g/mol. The summed E-state index contributed by atoms with van der Waals surface area (Å²) in [7, 11) is 1.85. The third-order valence-electron chi connectivity index (χ3n) is 2.94. The van der Waals surface area contributed by atoms with Crippen LogP contribution in [0.2, 0.25) is 0 Å². The summed E-state index contributed by atoms with van der Waals surface area (Å²) in [6, 6.07) is 17.6. The Morgan fingerprint density at radius 1 is 1.05 bits per heavy atom. The van der Waals surface area contributed by atoms with E-state index in [4.69, 9.17) is 4.74 Å². The highest BCUT2D eigenvalue weighted by molar-refractivity contribution is 5.49. The van der Waals surface area contributed by atoms with Gasteiger partial charge in [0, 0.05) is 25.0 Å². The SMILES string of the molecule is Cn1cc(CNc2cccc(Oc3ccccc3)c2)nn1.